The topological polar surface area (TPSA) is 45.2 Å². The smallest absolute Gasteiger partial charge is 0.270 e. The van der Waals surface area contributed by atoms with Gasteiger partial charge < -0.3 is 10.2 Å². The van der Waals surface area contributed by atoms with Crippen molar-refractivity contribution in [3.05, 3.63) is 64.4 Å². The molecular formula is C16H18ClN3O. The van der Waals surface area contributed by atoms with Gasteiger partial charge in [-0.3, -0.25) is 9.78 Å². The van der Waals surface area contributed by atoms with Gasteiger partial charge in [0.15, 0.2) is 0 Å². The van der Waals surface area contributed by atoms with Crippen molar-refractivity contribution in [2.24, 2.45) is 0 Å². The van der Waals surface area contributed by atoms with Crippen LogP contribution in [0.25, 0.3) is 0 Å². The summed E-state index contributed by atoms with van der Waals surface area (Å²) in [7, 11) is 4.04. The second-order valence-electron chi connectivity index (χ2n) is 5.05. The molecule has 0 unspecified atom stereocenters. The van der Waals surface area contributed by atoms with Crippen LogP contribution >= 0.6 is 11.6 Å². The van der Waals surface area contributed by atoms with Crippen molar-refractivity contribution in [1.82, 2.24) is 15.2 Å². The maximum absolute atomic E-state index is 12.1. The normalized spacial score (nSPS) is 10.7. The van der Waals surface area contributed by atoms with E-state index in [-0.39, 0.29) is 5.91 Å². The summed E-state index contributed by atoms with van der Waals surface area (Å²) in [6.45, 7) is 1.30. The zero-order valence-corrected chi connectivity index (χ0v) is 12.9. The fourth-order valence-electron chi connectivity index (χ4n) is 2.02. The Morgan fingerprint density at radius 3 is 2.62 bits per heavy atom. The Morgan fingerprint density at radius 2 is 1.95 bits per heavy atom. The van der Waals surface area contributed by atoms with Gasteiger partial charge in [-0.1, -0.05) is 35.9 Å². The minimum Gasteiger partial charge on any atom is -0.347 e. The van der Waals surface area contributed by atoms with E-state index in [1.807, 2.05) is 32.3 Å². The highest BCUT2D eigenvalue weighted by atomic mass is 35.5. The number of pyridine rings is 1. The molecule has 2 aromatic rings. The molecule has 1 aromatic heterocycles. The molecule has 5 heteroatoms. The number of halogens is 1. The molecular weight excluding hydrogens is 286 g/mol. The summed E-state index contributed by atoms with van der Waals surface area (Å²) in [6, 6.07) is 11.3. The van der Waals surface area contributed by atoms with E-state index in [0.717, 1.165) is 12.1 Å². The molecule has 110 valence electrons. The first-order chi connectivity index (χ1) is 10.1. The molecule has 0 fully saturated rings. The molecule has 0 aliphatic heterocycles. The van der Waals surface area contributed by atoms with Gasteiger partial charge in [0.05, 0.1) is 0 Å². The van der Waals surface area contributed by atoms with Crippen molar-refractivity contribution < 1.29 is 4.79 Å². The van der Waals surface area contributed by atoms with Crippen LogP contribution in [-0.2, 0) is 13.1 Å². The summed E-state index contributed by atoms with van der Waals surface area (Å²) in [6.07, 6.45) is 1.53. The van der Waals surface area contributed by atoms with Crippen LogP contribution in [0.1, 0.15) is 21.6 Å². The summed E-state index contributed by atoms with van der Waals surface area (Å²) in [5.41, 5.74) is 2.62. The highest BCUT2D eigenvalue weighted by Crippen LogP contribution is 2.11. The van der Waals surface area contributed by atoms with Gasteiger partial charge in [0, 0.05) is 24.3 Å². The van der Waals surface area contributed by atoms with Crippen LogP contribution in [0.5, 0.6) is 0 Å². The largest absolute Gasteiger partial charge is 0.347 e. The van der Waals surface area contributed by atoms with Crippen LogP contribution < -0.4 is 5.32 Å². The van der Waals surface area contributed by atoms with Crippen LogP contribution in [0, 0.1) is 0 Å². The number of nitrogens with zero attached hydrogens (tertiary/aromatic N) is 2. The number of hydrogen-bond donors (Lipinski definition) is 1. The quantitative estimate of drug-likeness (QED) is 0.924. The summed E-state index contributed by atoms with van der Waals surface area (Å²) < 4.78 is 0. The van der Waals surface area contributed by atoms with Gasteiger partial charge in [-0.25, -0.2) is 0 Å². The van der Waals surface area contributed by atoms with Crippen LogP contribution in [0.4, 0.5) is 0 Å². The summed E-state index contributed by atoms with van der Waals surface area (Å²) in [5, 5.41) is 3.38. The number of carbonyl (C=O) groups excluding carboxylic acids is 1. The highest BCUT2D eigenvalue weighted by Gasteiger charge is 2.09. The Labute approximate surface area is 129 Å². The van der Waals surface area contributed by atoms with Gasteiger partial charge in [0.2, 0.25) is 0 Å². The summed E-state index contributed by atoms with van der Waals surface area (Å²) in [5.74, 6) is -0.225. The Balaban J connectivity index is 2.04. The average molecular weight is 304 g/mol. The minimum absolute atomic E-state index is 0.225. The Kier molecular flexibility index (Phi) is 5.31. The zero-order chi connectivity index (χ0) is 15.2. The molecule has 0 spiro atoms. The van der Waals surface area contributed by atoms with E-state index < -0.39 is 0 Å². The summed E-state index contributed by atoms with van der Waals surface area (Å²) in [4.78, 5) is 18.2. The highest BCUT2D eigenvalue weighted by molar-refractivity contribution is 6.30. The van der Waals surface area contributed by atoms with E-state index in [1.165, 1.54) is 11.8 Å². The molecule has 0 bridgehead atoms. The standard InChI is InChI=1S/C16H18ClN3O/c1-20(2)11-13-6-4-3-5-12(13)10-19-16(21)15-9-14(17)7-8-18-15/h3-9H,10-11H2,1-2H3,(H,19,21). The van der Waals surface area contributed by atoms with E-state index in [4.69, 9.17) is 11.6 Å². The molecule has 1 aromatic carbocycles. The second kappa shape index (κ2) is 7.20. The van der Waals surface area contributed by atoms with Crippen LogP contribution in [0.3, 0.4) is 0 Å². The molecule has 21 heavy (non-hydrogen) atoms. The Hall–Kier alpha value is -1.91. The van der Waals surface area contributed by atoms with Gasteiger partial charge >= 0.3 is 0 Å². The lowest BCUT2D eigenvalue weighted by Gasteiger charge is -2.14. The number of rotatable bonds is 5. The van der Waals surface area contributed by atoms with Gasteiger partial charge in [-0.15, -0.1) is 0 Å². The van der Waals surface area contributed by atoms with Crippen molar-refractivity contribution in [3.8, 4) is 0 Å². The van der Waals surface area contributed by atoms with Gasteiger partial charge in [0.25, 0.3) is 5.91 Å². The van der Waals surface area contributed by atoms with Crippen molar-refractivity contribution in [3.63, 3.8) is 0 Å². The predicted octanol–water partition coefficient (Wildman–Crippen LogP) is 2.73. The van der Waals surface area contributed by atoms with Crippen molar-refractivity contribution in [2.45, 2.75) is 13.1 Å². The number of aromatic nitrogens is 1. The molecule has 0 saturated heterocycles. The molecule has 1 heterocycles. The third-order valence-electron chi connectivity index (χ3n) is 3.00. The van der Waals surface area contributed by atoms with Gasteiger partial charge in [-0.2, -0.15) is 0 Å². The van der Waals surface area contributed by atoms with Crippen LogP contribution in [0.15, 0.2) is 42.6 Å². The monoisotopic (exact) mass is 303 g/mol. The molecule has 0 saturated carbocycles. The second-order valence-corrected chi connectivity index (χ2v) is 5.48. The van der Waals surface area contributed by atoms with Gasteiger partial charge in [0.1, 0.15) is 5.69 Å². The molecule has 1 amide bonds. The lowest BCUT2D eigenvalue weighted by Crippen LogP contribution is -2.25. The molecule has 0 atom stereocenters. The third kappa shape index (κ3) is 4.55. The first-order valence-corrected chi connectivity index (χ1v) is 7.05. The van der Waals surface area contributed by atoms with E-state index in [9.17, 15) is 4.79 Å². The number of carbonyl (C=O) groups is 1. The zero-order valence-electron chi connectivity index (χ0n) is 12.1. The molecule has 1 N–H and O–H groups in total. The van der Waals surface area contributed by atoms with Crippen molar-refractivity contribution in [2.75, 3.05) is 14.1 Å². The Bertz CT molecular complexity index is 628. The average Bonchev–Trinajstić information content (AvgIpc) is 2.45. The van der Waals surface area contributed by atoms with E-state index >= 15 is 0 Å². The van der Waals surface area contributed by atoms with Gasteiger partial charge in [-0.05, 0) is 37.4 Å². The number of nitrogens with one attached hydrogen (secondary N) is 1. The number of benzene rings is 1. The molecule has 0 aliphatic rings. The molecule has 2 rings (SSSR count). The van der Waals surface area contributed by atoms with Crippen LogP contribution in [-0.4, -0.2) is 29.9 Å². The van der Waals surface area contributed by atoms with Crippen molar-refractivity contribution >= 4 is 17.5 Å². The SMILES string of the molecule is CN(C)Cc1ccccc1CNC(=O)c1cc(Cl)ccn1. The van der Waals surface area contributed by atoms with E-state index in [0.29, 0.717) is 17.3 Å². The number of amides is 1. The molecule has 0 aliphatic carbocycles. The predicted molar refractivity (Wildman–Crippen MR) is 84.3 cm³/mol. The lowest BCUT2D eigenvalue weighted by molar-refractivity contribution is 0.0946. The number of hydrogen-bond acceptors (Lipinski definition) is 3. The van der Waals surface area contributed by atoms with Crippen LogP contribution in [0.2, 0.25) is 5.02 Å². The minimum atomic E-state index is -0.225. The molecule has 0 radical (unpaired) electrons. The maximum atomic E-state index is 12.1. The lowest BCUT2D eigenvalue weighted by atomic mass is 10.1. The third-order valence-corrected chi connectivity index (χ3v) is 3.23. The molecule has 4 nitrogen and oxygen atoms in total. The fourth-order valence-corrected chi connectivity index (χ4v) is 2.18. The van der Waals surface area contributed by atoms with Crippen molar-refractivity contribution in [1.29, 1.82) is 0 Å². The summed E-state index contributed by atoms with van der Waals surface area (Å²) >= 11 is 5.86. The van der Waals surface area contributed by atoms with E-state index in [1.54, 1.807) is 12.1 Å². The van der Waals surface area contributed by atoms with E-state index in [2.05, 4.69) is 21.3 Å². The first kappa shape index (κ1) is 15.5. The Morgan fingerprint density at radius 1 is 1.24 bits per heavy atom. The maximum Gasteiger partial charge on any atom is 0.270 e. The fraction of sp³-hybridized carbons (Fsp3) is 0.250. The first-order valence-electron chi connectivity index (χ1n) is 6.67.